The average Bonchev–Trinajstić information content (AvgIpc) is 2.82. The molecule has 2 aliphatic rings. The lowest BCUT2D eigenvalue weighted by molar-refractivity contribution is 0.228. The predicted octanol–water partition coefficient (Wildman–Crippen LogP) is 4.30. The Kier molecular flexibility index (Phi) is 4.22. The summed E-state index contributed by atoms with van der Waals surface area (Å²) in [5, 5.41) is 0. The van der Waals surface area contributed by atoms with E-state index in [1.54, 1.807) is 5.56 Å². The lowest BCUT2D eigenvalue weighted by Crippen LogP contribution is -2.28. The lowest BCUT2D eigenvalue weighted by atomic mass is 9.89. The molecule has 0 spiro atoms. The van der Waals surface area contributed by atoms with Gasteiger partial charge in [0.2, 0.25) is 0 Å². The van der Waals surface area contributed by atoms with E-state index in [9.17, 15) is 0 Å². The van der Waals surface area contributed by atoms with Crippen LogP contribution >= 0.6 is 0 Å². The van der Waals surface area contributed by atoms with E-state index in [1.807, 2.05) is 0 Å². The number of hydrogen-bond acceptors (Lipinski definition) is 1. The first-order valence-electron chi connectivity index (χ1n) is 8.10. The Morgan fingerprint density at radius 1 is 1.00 bits per heavy atom. The molecule has 1 aliphatic carbocycles. The average molecular weight is 257 g/mol. The highest BCUT2D eigenvalue weighted by molar-refractivity contribution is 5.22. The fourth-order valence-electron chi connectivity index (χ4n) is 4.09. The molecule has 1 aromatic rings. The predicted molar refractivity (Wildman–Crippen MR) is 81.4 cm³/mol. The number of likely N-dealkylation sites (tertiary alicyclic amines) is 1. The molecule has 19 heavy (non-hydrogen) atoms. The summed E-state index contributed by atoms with van der Waals surface area (Å²) in [7, 11) is 0. The zero-order valence-corrected chi connectivity index (χ0v) is 12.2. The van der Waals surface area contributed by atoms with Crippen molar-refractivity contribution in [1.29, 1.82) is 0 Å². The molecule has 1 aromatic carbocycles. The molecule has 1 saturated carbocycles. The molecule has 2 atom stereocenters. The van der Waals surface area contributed by atoms with Crippen molar-refractivity contribution in [1.82, 2.24) is 4.90 Å². The van der Waals surface area contributed by atoms with Gasteiger partial charge >= 0.3 is 0 Å². The molecule has 0 N–H and O–H groups in total. The fraction of sp³-hybridized carbons (Fsp3) is 0.667. The Bertz CT molecular complexity index is 380. The minimum atomic E-state index is 0.754. The van der Waals surface area contributed by atoms with Crippen molar-refractivity contribution in [2.45, 2.75) is 44.9 Å². The van der Waals surface area contributed by atoms with Gasteiger partial charge in [-0.2, -0.15) is 0 Å². The zero-order valence-electron chi connectivity index (χ0n) is 12.2. The fourth-order valence-corrected chi connectivity index (χ4v) is 4.09. The van der Waals surface area contributed by atoms with Crippen LogP contribution in [-0.2, 0) is 0 Å². The number of hydrogen-bond donors (Lipinski definition) is 0. The van der Waals surface area contributed by atoms with Crippen LogP contribution in [0.1, 0.15) is 50.5 Å². The summed E-state index contributed by atoms with van der Waals surface area (Å²) in [6.45, 7) is 6.37. The number of rotatable bonds is 3. The van der Waals surface area contributed by atoms with Gasteiger partial charge in [-0.3, -0.25) is 0 Å². The molecule has 1 heterocycles. The molecule has 0 aromatic heterocycles. The van der Waals surface area contributed by atoms with Crippen LogP contribution in [0.3, 0.4) is 0 Å². The largest absolute Gasteiger partial charge is 0.302 e. The third-order valence-electron chi connectivity index (χ3n) is 5.16. The van der Waals surface area contributed by atoms with Gasteiger partial charge in [0.05, 0.1) is 0 Å². The summed E-state index contributed by atoms with van der Waals surface area (Å²) in [6, 6.07) is 11.1. The summed E-state index contributed by atoms with van der Waals surface area (Å²) in [5.41, 5.74) is 1.54. The first kappa shape index (κ1) is 13.2. The third-order valence-corrected chi connectivity index (χ3v) is 5.16. The zero-order chi connectivity index (χ0) is 13.1. The van der Waals surface area contributed by atoms with E-state index in [0.717, 1.165) is 17.8 Å². The van der Waals surface area contributed by atoms with Crippen molar-refractivity contribution in [2.24, 2.45) is 11.8 Å². The van der Waals surface area contributed by atoms with Crippen LogP contribution in [0, 0.1) is 11.8 Å². The maximum atomic E-state index is 2.73. The Balaban J connectivity index is 1.58. The molecule has 1 aliphatic heterocycles. The second kappa shape index (κ2) is 6.09. The van der Waals surface area contributed by atoms with Gasteiger partial charge in [-0.25, -0.2) is 0 Å². The van der Waals surface area contributed by atoms with Gasteiger partial charge in [0.15, 0.2) is 0 Å². The molecule has 2 fully saturated rings. The van der Waals surface area contributed by atoms with Gasteiger partial charge in [0.1, 0.15) is 0 Å². The normalized spacial score (nSPS) is 29.7. The molecular formula is C18H27N. The van der Waals surface area contributed by atoms with Crippen LogP contribution in [0.25, 0.3) is 0 Å². The van der Waals surface area contributed by atoms with Crippen molar-refractivity contribution in [3.8, 4) is 0 Å². The quantitative estimate of drug-likeness (QED) is 0.780. The summed E-state index contributed by atoms with van der Waals surface area (Å²) >= 11 is 0. The van der Waals surface area contributed by atoms with Gasteiger partial charge in [-0.15, -0.1) is 0 Å². The van der Waals surface area contributed by atoms with Crippen LogP contribution in [-0.4, -0.2) is 24.5 Å². The highest BCUT2D eigenvalue weighted by Gasteiger charge is 2.31. The molecule has 1 heteroatoms. The molecule has 2 unspecified atom stereocenters. The van der Waals surface area contributed by atoms with Gasteiger partial charge in [-0.05, 0) is 30.2 Å². The van der Waals surface area contributed by atoms with E-state index >= 15 is 0 Å². The van der Waals surface area contributed by atoms with Crippen molar-refractivity contribution in [2.75, 3.05) is 19.6 Å². The first-order chi connectivity index (χ1) is 9.33. The van der Waals surface area contributed by atoms with Gasteiger partial charge in [-0.1, -0.05) is 56.5 Å². The second-order valence-corrected chi connectivity index (χ2v) is 6.72. The van der Waals surface area contributed by atoms with Crippen molar-refractivity contribution >= 4 is 0 Å². The minimum Gasteiger partial charge on any atom is -0.302 e. The maximum absolute atomic E-state index is 2.73. The van der Waals surface area contributed by atoms with Crippen LogP contribution in [0.5, 0.6) is 0 Å². The summed E-state index contributed by atoms with van der Waals surface area (Å²) < 4.78 is 0. The highest BCUT2D eigenvalue weighted by atomic mass is 15.2. The number of nitrogens with zero attached hydrogens (tertiary/aromatic N) is 1. The van der Waals surface area contributed by atoms with Crippen molar-refractivity contribution < 1.29 is 0 Å². The van der Waals surface area contributed by atoms with Crippen molar-refractivity contribution in [3.63, 3.8) is 0 Å². The van der Waals surface area contributed by atoms with Crippen LogP contribution in [0.15, 0.2) is 30.3 Å². The molecule has 0 radical (unpaired) electrons. The van der Waals surface area contributed by atoms with Crippen LogP contribution in [0.2, 0.25) is 0 Å². The molecule has 0 amide bonds. The molecular weight excluding hydrogens is 230 g/mol. The summed E-state index contributed by atoms with van der Waals surface area (Å²) in [6.07, 6.45) is 7.35. The first-order valence-corrected chi connectivity index (χ1v) is 8.10. The Hall–Kier alpha value is -0.820. The number of benzene rings is 1. The van der Waals surface area contributed by atoms with E-state index in [2.05, 4.69) is 42.2 Å². The van der Waals surface area contributed by atoms with Crippen molar-refractivity contribution in [3.05, 3.63) is 35.9 Å². The molecule has 0 bridgehead atoms. The minimum absolute atomic E-state index is 0.754. The Labute approximate surface area is 118 Å². The van der Waals surface area contributed by atoms with Gasteiger partial charge in [0, 0.05) is 25.6 Å². The van der Waals surface area contributed by atoms with Crippen LogP contribution in [0.4, 0.5) is 0 Å². The highest BCUT2D eigenvalue weighted by Crippen LogP contribution is 2.34. The maximum Gasteiger partial charge on any atom is 0.00535 e. The molecule has 1 nitrogen and oxygen atoms in total. The summed E-state index contributed by atoms with van der Waals surface area (Å²) in [5.74, 6) is 2.55. The van der Waals surface area contributed by atoms with Crippen LogP contribution < -0.4 is 0 Å². The van der Waals surface area contributed by atoms with E-state index in [0.29, 0.717) is 0 Å². The van der Waals surface area contributed by atoms with Gasteiger partial charge in [0.25, 0.3) is 0 Å². The lowest BCUT2D eigenvalue weighted by Gasteiger charge is -2.26. The van der Waals surface area contributed by atoms with Gasteiger partial charge < -0.3 is 4.90 Å². The molecule has 104 valence electrons. The standard InChI is InChI=1S/C18H27N/c1-15-12-19(13-16-8-4-2-5-9-16)14-18(15)17-10-6-3-7-11-17/h3,6-7,10-11,15-16,18H,2,4-5,8-9,12-14H2,1H3. The van der Waals surface area contributed by atoms with E-state index in [1.165, 1.54) is 51.7 Å². The third kappa shape index (κ3) is 3.20. The smallest absolute Gasteiger partial charge is 0.00535 e. The van der Waals surface area contributed by atoms with E-state index < -0.39 is 0 Å². The summed E-state index contributed by atoms with van der Waals surface area (Å²) in [4.78, 5) is 2.73. The monoisotopic (exact) mass is 257 g/mol. The Morgan fingerprint density at radius 2 is 1.74 bits per heavy atom. The Morgan fingerprint density at radius 3 is 2.47 bits per heavy atom. The van der Waals surface area contributed by atoms with E-state index in [4.69, 9.17) is 0 Å². The molecule has 3 rings (SSSR count). The topological polar surface area (TPSA) is 3.24 Å². The second-order valence-electron chi connectivity index (χ2n) is 6.72. The van der Waals surface area contributed by atoms with E-state index in [-0.39, 0.29) is 0 Å². The molecule has 1 saturated heterocycles. The SMILES string of the molecule is CC1CN(CC2CCCCC2)CC1c1ccccc1.